The molecule has 0 spiro atoms. The topological polar surface area (TPSA) is 44.9 Å². The maximum absolute atomic E-state index is 14.2. The van der Waals surface area contributed by atoms with Crippen molar-refractivity contribution in [3.8, 4) is 11.1 Å². The van der Waals surface area contributed by atoms with E-state index in [1.807, 2.05) is 24.4 Å². The summed E-state index contributed by atoms with van der Waals surface area (Å²) in [6.45, 7) is 0.462. The fraction of sp³-hybridized carbons (Fsp3) is 0.0870. The van der Waals surface area contributed by atoms with Crippen LogP contribution in [0, 0.1) is 5.82 Å². The Balaban J connectivity index is 1.50. The van der Waals surface area contributed by atoms with Crippen molar-refractivity contribution in [3.63, 3.8) is 0 Å². The highest BCUT2D eigenvalue weighted by molar-refractivity contribution is 6.31. The van der Waals surface area contributed by atoms with Crippen LogP contribution in [0.1, 0.15) is 15.9 Å². The van der Waals surface area contributed by atoms with Crippen LogP contribution in [0.15, 0.2) is 72.9 Å². The molecule has 0 atom stereocenters. The number of H-pyrrole nitrogens is 1. The first-order valence-corrected chi connectivity index (χ1v) is 9.39. The van der Waals surface area contributed by atoms with E-state index in [0.717, 1.165) is 16.5 Å². The fourth-order valence-corrected chi connectivity index (χ4v) is 3.53. The van der Waals surface area contributed by atoms with E-state index >= 15 is 0 Å². The minimum atomic E-state index is -0.349. The van der Waals surface area contributed by atoms with Crippen molar-refractivity contribution in [2.45, 2.75) is 6.42 Å². The Labute approximate surface area is 167 Å². The lowest BCUT2D eigenvalue weighted by atomic mass is 9.98. The van der Waals surface area contributed by atoms with Crippen LogP contribution in [0.2, 0.25) is 5.02 Å². The van der Waals surface area contributed by atoms with Crippen molar-refractivity contribution < 1.29 is 9.18 Å². The summed E-state index contributed by atoms with van der Waals surface area (Å²) in [5, 5.41) is 4.66. The van der Waals surface area contributed by atoms with Gasteiger partial charge < -0.3 is 10.3 Å². The second kappa shape index (κ2) is 7.87. The lowest BCUT2D eigenvalue weighted by Crippen LogP contribution is -2.26. The van der Waals surface area contributed by atoms with Gasteiger partial charge in [-0.05, 0) is 47.9 Å². The number of amides is 1. The zero-order chi connectivity index (χ0) is 19.5. The normalized spacial score (nSPS) is 10.9. The van der Waals surface area contributed by atoms with Gasteiger partial charge in [-0.2, -0.15) is 0 Å². The molecule has 0 fully saturated rings. The molecule has 4 aromatic rings. The number of hydrogen-bond acceptors (Lipinski definition) is 1. The first-order valence-electron chi connectivity index (χ1n) is 9.01. The quantitative estimate of drug-likeness (QED) is 0.456. The third-order valence-electron chi connectivity index (χ3n) is 4.75. The lowest BCUT2D eigenvalue weighted by molar-refractivity contribution is 0.0955. The summed E-state index contributed by atoms with van der Waals surface area (Å²) in [5.74, 6) is -0.574. The number of halogens is 2. The standard InChI is InChI=1S/C23H18ClFN2O/c24-16-9-10-22-20(13-16)15(14-27-22)11-12-26-23(28)19-7-2-1-5-17(19)18-6-3-4-8-21(18)25/h1-10,13-14,27H,11-12H2,(H,26,28). The van der Waals surface area contributed by atoms with Crippen LogP contribution in [0.25, 0.3) is 22.0 Å². The summed E-state index contributed by atoms with van der Waals surface area (Å²) in [4.78, 5) is 15.9. The molecule has 140 valence electrons. The summed E-state index contributed by atoms with van der Waals surface area (Å²) in [5.41, 5.74) is 3.54. The molecule has 0 aliphatic rings. The molecule has 0 saturated carbocycles. The Hall–Kier alpha value is -3.11. The minimum absolute atomic E-state index is 0.225. The SMILES string of the molecule is O=C(NCCc1c[nH]c2ccc(Cl)cc12)c1ccccc1-c1ccccc1F. The Morgan fingerprint density at radius 3 is 2.57 bits per heavy atom. The van der Waals surface area contributed by atoms with Gasteiger partial charge in [0.2, 0.25) is 0 Å². The predicted molar refractivity (Wildman–Crippen MR) is 111 cm³/mol. The van der Waals surface area contributed by atoms with Crippen molar-refractivity contribution in [2.75, 3.05) is 6.54 Å². The van der Waals surface area contributed by atoms with Gasteiger partial charge in [0, 0.05) is 39.8 Å². The van der Waals surface area contributed by atoms with Crippen molar-refractivity contribution in [2.24, 2.45) is 0 Å². The zero-order valence-corrected chi connectivity index (χ0v) is 15.8. The van der Waals surface area contributed by atoms with E-state index in [1.165, 1.54) is 6.07 Å². The number of carbonyl (C=O) groups is 1. The first kappa shape index (κ1) is 18.3. The number of nitrogens with one attached hydrogen (secondary N) is 2. The maximum atomic E-state index is 14.2. The fourth-order valence-electron chi connectivity index (χ4n) is 3.36. The van der Waals surface area contributed by atoms with Crippen LogP contribution in [0.4, 0.5) is 4.39 Å². The summed E-state index contributed by atoms with van der Waals surface area (Å²) < 4.78 is 14.2. The van der Waals surface area contributed by atoms with Gasteiger partial charge in [0.05, 0.1) is 0 Å². The second-order valence-electron chi connectivity index (χ2n) is 6.54. The number of fused-ring (bicyclic) bond motifs is 1. The largest absolute Gasteiger partial charge is 0.361 e. The van der Waals surface area contributed by atoms with Gasteiger partial charge >= 0.3 is 0 Å². The van der Waals surface area contributed by atoms with Gasteiger partial charge in [0.25, 0.3) is 5.91 Å². The van der Waals surface area contributed by atoms with Crippen LogP contribution in [-0.4, -0.2) is 17.4 Å². The highest BCUT2D eigenvalue weighted by atomic mass is 35.5. The smallest absolute Gasteiger partial charge is 0.251 e. The van der Waals surface area contributed by atoms with E-state index in [0.29, 0.717) is 34.7 Å². The van der Waals surface area contributed by atoms with E-state index in [-0.39, 0.29) is 11.7 Å². The van der Waals surface area contributed by atoms with E-state index < -0.39 is 0 Å². The van der Waals surface area contributed by atoms with Crippen molar-refractivity contribution in [1.82, 2.24) is 10.3 Å². The summed E-state index contributed by atoms with van der Waals surface area (Å²) >= 11 is 6.09. The maximum Gasteiger partial charge on any atom is 0.251 e. The number of benzene rings is 3. The molecular weight excluding hydrogens is 375 g/mol. The molecule has 0 bridgehead atoms. The Morgan fingerprint density at radius 1 is 1.00 bits per heavy atom. The third-order valence-corrected chi connectivity index (χ3v) is 4.98. The van der Waals surface area contributed by atoms with Crippen molar-refractivity contribution in [1.29, 1.82) is 0 Å². The molecule has 3 aromatic carbocycles. The van der Waals surface area contributed by atoms with Crippen LogP contribution >= 0.6 is 11.6 Å². The van der Waals surface area contributed by atoms with E-state index in [9.17, 15) is 9.18 Å². The molecule has 1 aromatic heterocycles. The highest BCUT2D eigenvalue weighted by Gasteiger charge is 2.14. The lowest BCUT2D eigenvalue weighted by Gasteiger charge is -2.11. The molecule has 1 amide bonds. The molecule has 28 heavy (non-hydrogen) atoms. The number of carbonyl (C=O) groups excluding carboxylic acids is 1. The monoisotopic (exact) mass is 392 g/mol. The van der Waals surface area contributed by atoms with E-state index in [1.54, 1.807) is 42.5 Å². The molecule has 0 radical (unpaired) electrons. The molecule has 2 N–H and O–H groups in total. The van der Waals surface area contributed by atoms with Crippen LogP contribution in [0.3, 0.4) is 0 Å². The van der Waals surface area contributed by atoms with Crippen molar-refractivity contribution in [3.05, 3.63) is 94.9 Å². The number of aromatic amines is 1. The number of rotatable bonds is 5. The zero-order valence-electron chi connectivity index (χ0n) is 15.0. The summed E-state index contributed by atoms with van der Waals surface area (Å²) in [7, 11) is 0. The Morgan fingerprint density at radius 2 is 1.75 bits per heavy atom. The molecule has 0 aliphatic heterocycles. The Bertz CT molecular complexity index is 1150. The van der Waals surface area contributed by atoms with Gasteiger partial charge in [-0.1, -0.05) is 48.0 Å². The van der Waals surface area contributed by atoms with Crippen LogP contribution in [-0.2, 0) is 6.42 Å². The molecular formula is C23H18ClFN2O. The minimum Gasteiger partial charge on any atom is -0.361 e. The molecule has 1 heterocycles. The van der Waals surface area contributed by atoms with Gasteiger partial charge in [-0.15, -0.1) is 0 Å². The first-order chi connectivity index (χ1) is 13.6. The second-order valence-corrected chi connectivity index (χ2v) is 6.97. The number of hydrogen-bond donors (Lipinski definition) is 2. The van der Waals surface area contributed by atoms with E-state index in [2.05, 4.69) is 10.3 Å². The number of aromatic nitrogens is 1. The molecule has 0 saturated heterocycles. The molecule has 4 rings (SSSR count). The molecule has 3 nitrogen and oxygen atoms in total. The molecule has 0 unspecified atom stereocenters. The highest BCUT2D eigenvalue weighted by Crippen LogP contribution is 2.26. The third kappa shape index (κ3) is 3.64. The predicted octanol–water partition coefficient (Wildman–Crippen LogP) is 5.60. The summed E-state index contributed by atoms with van der Waals surface area (Å²) in [6.07, 6.45) is 2.59. The van der Waals surface area contributed by atoms with Gasteiger partial charge in [-0.25, -0.2) is 4.39 Å². The van der Waals surface area contributed by atoms with Crippen molar-refractivity contribution >= 4 is 28.4 Å². The average Bonchev–Trinajstić information content (AvgIpc) is 3.10. The Kier molecular flexibility index (Phi) is 5.13. The van der Waals surface area contributed by atoms with Gasteiger partial charge in [-0.3, -0.25) is 4.79 Å². The summed E-state index contributed by atoms with van der Waals surface area (Å²) in [6, 6.07) is 19.2. The average molecular weight is 393 g/mol. The van der Waals surface area contributed by atoms with Crippen LogP contribution < -0.4 is 5.32 Å². The van der Waals surface area contributed by atoms with Crippen LogP contribution in [0.5, 0.6) is 0 Å². The molecule has 5 heteroatoms. The van der Waals surface area contributed by atoms with E-state index in [4.69, 9.17) is 11.6 Å². The van der Waals surface area contributed by atoms with Gasteiger partial charge in [0.1, 0.15) is 5.82 Å². The molecule has 0 aliphatic carbocycles. The van der Waals surface area contributed by atoms with Gasteiger partial charge in [0.15, 0.2) is 0 Å².